The summed E-state index contributed by atoms with van der Waals surface area (Å²) in [5.74, 6) is 1.98. The van der Waals surface area contributed by atoms with E-state index in [1.54, 1.807) is 18.0 Å². The van der Waals surface area contributed by atoms with Crippen LogP contribution in [0.4, 0.5) is 9.59 Å². The summed E-state index contributed by atoms with van der Waals surface area (Å²) in [6, 6.07) is 7.90. The molecule has 4 aliphatic rings. The van der Waals surface area contributed by atoms with Crippen LogP contribution in [0.1, 0.15) is 115 Å². The van der Waals surface area contributed by atoms with Crippen LogP contribution in [0.25, 0.3) is 28.5 Å². The molecule has 16 heteroatoms. The molecule has 1 saturated heterocycles. The van der Waals surface area contributed by atoms with E-state index < -0.39 is 35.7 Å². The standard InChI is InChI=1S/C51H68N8O8/c1-11-14-36(21-32-15-13-20-66-27-32)58(47(60)30(4)53-49(62)64-9)26-43-54-40-19-17-33-23-39-37-18-16-34(22-35(37)28-67-42(39)24-38(33)44(40)56-43)41-25-52-46(55-41)31(5)59(29(3)12-2)48(61)45(51(6,7)8)57-50(63)65-10/h11,16-19,22-25,29-32,36,40,44-45H,1,12-15,20-21,26-28H2,2-10H3,(H,52,55)(H,53,62)(H,54,56)(H,57,63)/t29-,30-,31-,32?,36+,40?,44?,45+/m0/s1. The largest absolute Gasteiger partial charge is 0.488 e. The highest BCUT2D eigenvalue weighted by molar-refractivity contribution is 5.94. The van der Waals surface area contributed by atoms with Gasteiger partial charge in [-0.1, -0.05) is 58.1 Å². The molecule has 7 rings (SSSR count). The van der Waals surface area contributed by atoms with E-state index in [4.69, 9.17) is 28.9 Å². The number of alkyl carbamates (subject to hydrolysis) is 2. The zero-order chi connectivity index (χ0) is 48.2. The van der Waals surface area contributed by atoms with Crippen molar-refractivity contribution >= 4 is 35.9 Å². The number of hydrogen-bond donors (Lipinski definition) is 4. The molecule has 4 heterocycles. The van der Waals surface area contributed by atoms with Crippen LogP contribution in [0.2, 0.25) is 0 Å². The predicted molar refractivity (Wildman–Crippen MR) is 257 cm³/mol. The first kappa shape index (κ1) is 48.8. The molecule has 16 nitrogen and oxygen atoms in total. The number of hydrogen-bond acceptors (Lipinski definition) is 11. The number of carbonyl (C=O) groups is 4. The number of ether oxygens (including phenoxy) is 4. The minimum atomic E-state index is -0.816. The van der Waals surface area contributed by atoms with Crippen molar-refractivity contribution in [2.24, 2.45) is 16.3 Å². The zero-order valence-electron chi connectivity index (χ0n) is 40.4. The number of fused-ring (bicyclic) bond motifs is 6. The number of aromatic amines is 1. The molecule has 8 atom stereocenters. The van der Waals surface area contributed by atoms with Crippen molar-refractivity contribution in [3.63, 3.8) is 0 Å². The summed E-state index contributed by atoms with van der Waals surface area (Å²) in [6.07, 6.45) is 10.6. The number of amidine groups is 1. The Labute approximate surface area is 394 Å². The normalized spacial score (nSPS) is 20.3. The molecule has 0 saturated carbocycles. The monoisotopic (exact) mass is 921 g/mol. The highest BCUT2D eigenvalue weighted by Gasteiger charge is 2.41. The van der Waals surface area contributed by atoms with Gasteiger partial charge in [0.15, 0.2) is 0 Å². The van der Waals surface area contributed by atoms with Gasteiger partial charge in [-0.15, -0.1) is 6.58 Å². The molecule has 2 aromatic carbocycles. The van der Waals surface area contributed by atoms with E-state index >= 15 is 0 Å². The lowest BCUT2D eigenvalue weighted by Gasteiger charge is -2.39. The van der Waals surface area contributed by atoms with Crippen LogP contribution < -0.4 is 20.7 Å². The minimum absolute atomic E-state index is 0.132. The first-order chi connectivity index (χ1) is 32.0. The molecule has 4 amide bonds. The maximum atomic E-state index is 14.2. The van der Waals surface area contributed by atoms with Crippen LogP contribution in [0.5, 0.6) is 5.75 Å². The van der Waals surface area contributed by atoms with Gasteiger partial charge in [0.25, 0.3) is 0 Å². The number of rotatable bonds is 16. The second-order valence-electron chi connectivity index (χ2n) is 19.3. The van der Waals surface area contributed by atoms with Gasteiger partial charge in [-0.25, -0.2) is 14.6 Å². The Balaban J connectivity index is 1.09. The summed E-state index contributed by atoms with van der Waals surface area (Å²) >= 11 is 0. The average molecular weight is 921 g/mol. The number of H-pyrrole nitrogens is 1. The Bertz CT molecular complexity index is 2380. The fourth-order valence-electron chi connectivity index (χ4n) is 9.72. The third kappa shape index (κ3) is 10.7. The zero-order valence-corrected chi connectivity index (χ0v) is 40.4. The highest BCUT2D eigenvalue weighted by Crippen LogP contribution is 2.45. The second kappa shape index (κ2) is 20.8. The molecule has 0 bridgehead atoms. The van der Waals surface area contributed by atoms with Gasteiger partial charge in [0.05, 0.1) is 50.8 Å². The molecule has 1 fully saturated rings. The van der Waals surface area contributed by atoms with Crippen molar-refractivity contribution in [2.75, 3.05) is 34.0 Å². The molecule has 0 spiro atoms. The van der Waals surface area contributed by atoms with Gasteiger partial charge < -0.3 is 49.7 Å². The van der Waals surface area contributed by atoms with Crippen LogP contribution in [0.15, 0.2) is 60.3 Å². The van der Waals surface area contributed by atoms with Gasteiger partial charge in [-0.3, -0.25) is 14.6 Å². The van der Waals surface area contributed by atoms with E-state index in [-0.39, 0.29) is 42.5 Å². The number of imidazole rings is 1. The van der Waals surface area contributed by atoms with Crippen LogP contribution in [0.3, 0.4) is 0 Å². The van der Waals surface area contributed by atoms with Gasteiger partial charge >= 0.3 is 12.2 Å². The Morgan fingerprint density at radius 2 is 1.79 bits per heavy atom. The lowest BCUT2D eigenvalue weighted by Crippen LogP contribution is -2.57. The molecule has 1 aromatic heterocycles. The molecule has 3 aliphatic heterocycles. The summed E-state index contributed by atoms with van der Waals surface area (Å²) in [4.78, 5) is 69.8. The van der Waals surface area contributed by atoms with Crippen molar-refractivity contribution in [1.82, 2.24) is 35.7 Å². The number of aliphatic imine (C=N–C) groups is 1. The van der Waals surface area contributed by atoms with E-state index in [1.165, 1.54) is 14.2 Å². The molecule has 4 N–H and O–H groups in total. The molecule has 3 aromatic rings. The summed E-state index contributed by atoms with van der Waals surface area (Å²) < 4.78 is 22.0. The first-order valence-electron chi connectivity index (χ1n) is 23.6. The van der Waals surface area contributed by atoms with Crippen molar-refractivity contribution in [3.8, 4) is 28.1 Å². The van der Waals surface area contributed by atoms with Crippen molar-refractivity contribution in [1.29, 1.82) is 0 Å². The van der Waals surface area contributed by atoms with Gasteiger partial charge in [-0.05, 0) is 110 Å². The van der Waals surface area contributed by atoms with Crippen LogP contribution >= 0.6 is 0 Å². The van der Waals surface area contributed by atoms with E-state index in [0.717, 1.165) is 70.7 Å². The summed E-state index contributed by atoms with van der Waals surface area (Å²) in [5.41, 5.74) is 6.38. The number of methoxy groups -OCH3 is 2. The van der Waals surface area contributed by atoms with Gasteiger partial charge in [0, 0.05) is 30.9 Å². The van der Waals surface area contributed by atoms with Crippen LogP contribution in [-0.4, -0.2) is 114 Å². The van der Waals surface area contributed by atoms with E-state index in [9.17, 15) is 19.2 Å². The number of nitrogens with zero attached hydrogens (tertiary/aromatic N) is 4. The Morgan fingerprint density at radius 1 is 1.03 bits per heavy atom. The maximum absolute atomic E-state index is 14.2. The molecule has 360 valence electrons. The number of aromatic nitrogens is 2. The average Bonchev–Trinajstić information content (AvgIpc) is 3.99. The molecule has 67 heavy (non-hydrogen) atoms. The maximum Gasteiger partial charge on any atom is 0.407 e. The van der Waals surface area contributed by atoms with E-state index in [1.807, 2.05) is 52.5 Å². The summed E-state index contributed by atoms with van der Waals surface area (Å²) in [7, 11) is 2.57. The molecule has 1 aliphatic carbocycles. The Kier molecular flexibility index (Phi) is 15.1. The predicted octanol–water partition coefficient (Wildman–Crippen LogP) is 7.87. The molecular formula is C51H68N8O8. The Hall–Kier alpha value is -6.16. The second-order valence-corrected chi connectivity index (χ2v) is 19.3. The third-order valence-corrected chi connectivity index (χ3v) is 13.6. The van der Waals surface area contributed by atoms with Gasteiger partial charge in [0.2, 0.25) is 11.8 Å². The molecule has 0 radical (unpaired) electrons. The van der Waals surface area contributed by atoms with Gasteiger partial charge in [-0.2, -0.15) is 0 Å². The number of benzene rings is 2. The SMILES string of the molecule is C=CC[C@H](CC1CCCOC1)N(CC1=NC2C=Cc3cc4c(cc3C2N1)OCc1cc(-c2cnc([C@H](C)N(C(=O)[C@@H](NC(=O)OC)C(C)(C)C)[C@@H](C)CC)[nH]2)ccc1-4)C(=O)[C@H](C)NC(=O)OC. The number of nitrogens with one attached hydrogen (secondary N) is 4. The quantitative estimate of drug-likeness (QED) is 0.103. The van der Waals surface area contributed by atoms with E-state index in [2.05, 4.69) is 70.0 Å². The fourth-order valence-corrected chi connectivity index (χ4v) is 9.72. The topological polar surface area (TPSA) is 189 Å². The van der Waals surface area contributed by atoms with Crippen molar-refractivity contribution in [3.05, 3.63) is 77.8 Å². The van der Waals surface area contributed by atoms with Gasteiger partial charge in [0.1, 0.15) is 36.1 Å². The Morgan fingerprint density at radius 3 is 2.48 bits per heavy atom. The fraction of sp³-hybridized carbons (Fsp3) is 0.529. The number of carbonyl (C=O) groups excluding carboxylic acids is 4. The molecular weight excluding hydrogens is 853 g/mol. The summed E-state index contributed by atoms with van der Waals surface area (Å²) in [6.45, 7) is 19.4. The van der Waals surface area contributed by atoms with Crippen LogP contribution in [-0.2, 0) is 30.4 Å². The van der Waals surface area contributed by atoms with Crippen molar-refractivity contribution < 1.29 is 38.1 Å². The lowest BCUT2D eigenvalue weighted by molar-refractivity contribution is -0.141. The van der Waals surface area contributed by atoms with Crippen LogP contribution in [0, 0.1) is 11.3 Å². The van der Waals surface area contributed by atoms with Crippen molar-refractivity contribution in [2.45, 2.75) is 129 Å². The highest BCUT2D eigenvalue weighted by atomic mass is 16.5. The minimum Gasteiger partial charge on any atom is -0.488 e. The first-order valence-corrected chi connectivity index (χ1v) is 23.6. The smallest absolute Gasteiger partial charge is 0.407 e. The number of amides is 4. The lowest BCUT2D eigenvalue weighted by atomic mass is 9.85. The third-order valence-electron chi connectivity index (χ3n) is 13.6. The summed E-state index contributed by atoms with van der Waals surface area (Å²) in [5, 5.41) is 9.09. The van der Waals surface area contributed by atoms with E-state index in [0.29, 0.717) is 43.6 Å². The molecule has 3 unspecified atom stereocenters.